The van der Waals surface area contributed by atoms with Crippen LogP contribution >= 0.6 is 0 Å². The minimum atomic E-state index is -0.762. The summed E-state index contributed by atoms with van der Waals surface area (Å²) in [5, 5.41) is 5.97. The number of amides is 4. The normalized spacial score (nSPS) is 19.2. The highest BCUT2D eigenvalue weighted by molar-refractivity contribution is 5.90. The molecule has 0 saturated carbocycles. The van der Waals surface area contributed by atoms with Crippen LogP contribution in [0.5, 0.6) is 0 Å². The fourth-order valence-electron chi connectivity index (χ4n) is 7.86. The van der Waals surface area contributed by atoms with Crippen molar-refractivity contribution in [2.75, 3.05) is 41.9 Å². The van der Waals surface area contributed by atoms with E-state index in [-0.39, 0.29) is 59.6 Å². The number of benzene rings is 1. The molecule has 53 heavy (non-hydrogen) atoms. The van der Waals surface area contributed by atoms with Crippen LogP contribution in [0.2, 0.25) is 0 Å². The van der Waals surface area contributed by atoms with Gasteiger partial charge in [-0.05, 0) is 63.6 Å². The first kappa shape index (κ1) is 45.8. The van der Waals surface area contributed by atoms with Crippen LogP contribution in [0.15, 0.2) is 30.3 Å². The second-order valence-electron chi connectivity index (χ2n) is 15.8. The number of Topliss-reactive ketones (excluding diaryl/α,β-unsaturated/α-hetero) is 1. The lowest BCUT2D eigenvalue weighted by atomic mass is 9.89. The maximum Gasteiger partial charge on any atom is 0.245 e. The third kappa shape index (κ3) is 12.3. The monoisotopic (exact) mass is 744 g/mol. The third-order valence-electron chi connectivity index (χ3n) is 11.0. The van der Waals surface area contributed by atoms with E-state index < -0.39 is 42.3 Å². The molecule has 0 bridgehead atoms. The second-order valence-corrected chi connectivity index (χ2v) is 15.8. The Labute approximate surface area is 319 Å². The van der Waals surface area contributed by atoms with E-state index in [9.17, 15) is 24.0 Å². The lowest BCUT2D eigenvalue weighted by molar-refractivity contribution is -0.148. The molecule has 0 radical (unpaired) electrons. The van der Waals surface area contributed by atoms with Crippen molar-refractivity contribution in [2.24, 2.45) is 23.7 Å². The van der Waals surface area contributed by atoms with Gasteiger partial charge in [-0.3, -0.25) is 28.9 Å². The maximum atomic E-state index is 14.2. The molecule has 0 aromatic heterocycles. The summed E-state index contributed by atoms with van der Waals surface area (Å²) in [6.45, 7) is 15.6. The molecule has 12 nitrogen and oxygen atoms in total. The highest BCUT2D eigenvalue weighted by Gasteiger charge is 2.43. The van der Waals surface area contributed by atoms with Crippen LogP contribution in [0, 0.1) is 23.7 Å². The number of carbonyl (C=O) groups is 5. The first-order valence-electron chi connectivity index (χ1n) is 19.3. The summed E-state index contributed by atoms with van der Waals surface area (Å²) in [7, 11) is 8.55. The molecular weight excluding hydrogens is 674 g/mol. The van der Waals surface area contributed by atoms with E-state index in [1.807, 2.05) is 90.9 Å². The van der Waals surface area contributed by atoms with Crippen LogP contribution in [0.25, 0.3) is 0 Å². The number of methoxy groups -OCH3 is 2. The maximum absolute atomic E-state index is 14.2. The zero-order valence-electron chi connectivity index (χ0n) is 34.7. The van der Waals surface area contributed by atoms with E-state index in [1.54, 1.807) is 38.0 Å². The van der Waals surface area contributed by atoms with Gasteiger partial charge in [0, 0.05) is 27.8 Å². The summed E-state index contributed by atoms with van der Waals surface area (Å²) < 4.78 is 11.9. The zero-order valence-corrected chi connectivity index (χ0v) is 34.7. The second kappa shape index (κ2) is 21.5. The molecule has 2 rings (SSSR count). The van der Waals surface area contributed by atoms with Gasteiger partial charge in [-0.15, -0.1) is 0 Å². The Hall–Kier alpha value is -3.35. The summed E-state index contributed by atoms with van der Waals surface area (Å²) >= 11 is 0. The van der Waals surface area contributed by atoms with Crippen molar-refractivity contribution in [3.8, 4) is 0 Å². The zero-order chi connectivity index (χ0) is 40.2. The molecule has 1 aliphatic rings. The predicted molar refractivity (Wildman–Crippen MR) is 208 cm³/mol. The smallest absolute Gasteiger partial charge is 0.245 e. The van der Waals surface area contributed by atoms with Crippen LogP contribution in [-0.4, -0.2) is 128 Å². The SMILES string of the molecule is CC[C@H](C)[C@@H]([C@@H](CC(=O)N1CCC[C@H]1[C@H](OC)[C@@H](C)C(=O)N[C@@H](Cc1ccccc1)C(C)=O)OC)N(C)C(=O)[C@@H](NC(=O)C(C(C)C)N(C)C)C(C)C. The van der Waals surface area contributed by atoms with Gasteiger partial charge in [0.15, 0.2) is 5.78 Å². The summed E-state index contributed by atoms with van der Waals surface area (Å²) in [5.74, 6) is -1.82. The number of hydrogen-bond donors (Lipinski definition) is 2. The summed E-state index contributed by atoms with van der Waals surface area (Å²) in [5.41, 5.74) is 0.945. The number of likely N-dealkylation sites (N-methyl/N-ethyl adjacent to an activating group) is 2. The molecule has 2 N–H and O–H groups in total. The van der Waals surface area contributed by atoms with Crippen molar-refractivity contribution in [3.05, 3.63) is 35.9 Å². The van der Waals surface area contributed by atoms with Crippen molar-refractivity contribution < 1.29 is 33.4 Å². The third-order valence-corrected chi connectivity index (χ3v) is 11.0. The van der Waals surface area contributed by atoms with E-state index in [1.165, 1.54) is 6.92 Å². The Bertz CT molecular complexity index is 1330. The van der Waals surface area contributed by atoms with Crippen LogP contribution in [0.3, 0.4) is 0 Å². The van der Waals surface area contributed by atoms with Gasteiger partial charge in [0.25, 0.3) is 0 Å². The van der Waals surface area contributed by atoms with Crippen LogP contribution in [-0.2, 0) is 39.9 Å². The van der Waals surface area contributed by atoms with Crippen molar-refractivity contribution in [1.29, 1.82) is 0 Å². The summed E-state index contributed by atoms with van der Waals surface area (Å²) in [6, 6.07) is 6.90. The first-order valence-corrected chi connectivity index (χ1v) is 19.3. The summed E-state index contributed by atoms with van der Waals surface area (Å²) in [6.07, 6.45) is 1.32. The molecule has 1 unspecified atom stereocenters. The molecule has 12 heteroatoms. The average molecular weight is 744 g/mol. The van der Waals surface area contributed by atoms with Crippen LogP contribution < -0.4 is 10.6 Å². The number of hydrogen-bond acceptors (Lipinski definition) is 8. The fraction of sp³-hybridized carbons (Fsp3) is 0.732. The Morgan fingerprint density at radius 3 is 2.00 bits per heavy atom. The molecular formula is C41H69N5O7. The standard InChI is InChI=1S/C41H69N5O7/c1-14-27(6)37(45(11)41(51)35(25(2)3)43-40(50)36(26(4)5)44(9)10)33(52-12)24-34(48)46-22-18-21-32(46)38(53-13)28(7)39(49)42-31(29(8)47)23-30-19-16-15-17-20-30/h15-17,19-20,25-28,31-33,35-38H,14,18,21-24H2,1-13H3,(H,42,49)(H,43,50)/t27-,28+,31-,32-,33+,35-,36?,37-,38+/m0/s1. The van der Waals surface area contributed by atoms with Gasteiger partial charge >= 0.3 is 0 Å². The Morgan fingerprint density at radius 2 is 1.51 bits per heavy atom. The van der Waals surface area contributed by atoms with E-state index >= 15 is 0 Å². The highest BCUT2D eigenvalue weighted by atomic mass is 16.5. The largest absolute Gasteiger partial charge is 0.379 e. The molecule has 1 heterocycles. The molecule has 300 valence electrons. The van der Waals surface area contributed by atoms with E-state index in [4.69, 9.17) is 9.47 Å². The van der Waals surface area contributed by atoms with Crippen LogP contribution in [0.4, 0.5) is 0 Å². The Kier molecular flexibility index (Phi) is 18.6. The van der Waals surface area contributed by atoms with Gasteiger partial charge in [0.05, 0.1) is 48.7 Å². The number of rotatable bonds is 21. The number of ether oxygens (including phenoxy) is 2. The lowest BCUT2D eigenvalue weighted by Crippen LogP contribution is -2.59. The summed E-state index contributed by atoms with van der Waals surface area (Å²) in [4.78, 5) is 73.2. The Morgan fingerprint density at radius 1 is 0.887 bits per heavy atom. The minimum Gasteiger partial charge on any atom is -0.379 e. The topological polar surface area (TPSA) is 138 Å². The number of ketones is 1. The Balaban J connectivity index is 2.27. The highest BCUT2D eigenvalue weighted by Crippen LogP contribution is 2.30. The lowest BCUT2D eigenvalue weighted by Gasteiger charge is -2.41. The first-order chi connectivity index (χ1) is 24.9. The van der Waals surface area contributed by atoms with Crippen molar-refractivity contribution in [3.63, 3.8) is 0 Å². The fourth-order valence-corrected chi connectivity index (χ4v) is 7.86. The number of likely N-dealkylation sites (tertiary alicyclic amines) is 1. The van der Waals surface area contributed by atoms with Crippen molar-refractivity contribution in [1.82, 2.24) is 25.3 Å². The van der Waals surface area contributed by atoms with E-state index in [0.29, 0.717) is 19.4 Å². The molecule has 4 amide bonds. The van der Waals surface area contributed by atoms with Gasteiger partial charge in [-0.2, -0.15) is 0 Å². The minimum absolute atomic E-state index is 0.0227. The van der Waals surface area contributed by atoms with E-state index in [0.717, 1.165) is 18.4 Å². The molecule has 0 spiro atoms. The number of carbonyl (C=O) groups excluding carboxylic acids is 5. The number of nitrogens with zero attached hydrogens (tertiary/aromatic N) is 3. The quantitative estimate of drug-likeness (QED) is 0.193. The van der Waals surface area contributed by atoms with Gasteiger partial charge in [0.1, 0.15) is 6.04 Å². The molecule has 1 aromatic carbocycles. The predicted octanol–water partition coefficient (Wildman–Crippen LogP) is 3.95. The molecule has 1 saturated heterocycles. The molecule has 9 atom stereocenters. The average Bonchev–Trinajstić information content (AvgIpc) is 3.59. The van der Waals surface area contributed by atoms with Gasteiger partial charge < -0.3 is 29.9 Å². The van der Waals surface area contributed by atoms with Crippen molar-refractivity contribution >= 4 is 29.4 Å². The van der Waals surface area contributed by atoms with Crippen LogP contribution in [0.1, 0.15) is 86.6 Å². The molecule has 0 aliphatic carbocycles. The number of nitrogens with one attached hydrogen (secondary N) is 2. The van der Waals surface area contributed by atoms with Gasteiger partial charge in [-0.25, -0.2) is 0 Å². The van der Waals surface area contributed by atoms with Gasteiger partial charge in [-0.1, -0.05) is 85.2 Å². The molecule has 1 aliphatic heterocycles. The van der Waals surface area contributed by atoms with E-state index in [2.05, 4.69) is 10.6 Å². The molecule has 1 aromatic rings. The van der Waals surface area contributed by atoms with Crippen molar-refractivity contribution in [2.45, 2.75) is 130 Å². The van der Waals surface area contributed by atoms with Gasteiger partial charge in [0.2, 0.25) is 23.6 Å². The molecule has 1 fully saturated rings.